The molecule has 466 valence electrons. The van der Waals surface area contributed by atoms with E-state index in [1.807, 2.05) is 21.1 Å². The second-order valence-corrected chi connectivity index (χ2v) is 24.1. The highest BCUT2D eigenvalue weighted by molar-refractivity contribution is 5.71. The summed E-state index contributed by atoms with van der Waals surface area (Å²) in [6.45, 7) is 4.81. The number of likely N-dealkylation sites (N-methyl/N-ethyl adjacent to an activating group) is 1. The van der Waals surface area contributed by atoms with E-state index in [-0.39, 0.29) is 38.2 Å². The molecule has 0 bridgehead atoms. The molecule has 9 nitrogen and oxygen atoms in total. The second-order valence-electron chi connectivity index (χ2n) is 24.1. The Morgan fingerprint density at radius 3 is 1.06 bits per heavy atom. The predicted molar refractivity (Wildman–Crippen MR) is 341 cm³/mol. The molecule has 0 aliphatic heterocycles. The summed E-state index contributed by atoms with van der Waals surface area (Å²) in [6.07, 6.45) is 77.7. The van der Waals surface area contributed by atoms with Gasteiger partial charge in [-0.1, -0.05) is 306 Å². The first kappa shape index (κ1) is 77.0. The van der Waals surface area contributed by atoms with Crippen molar-refractivity contribution in [3.05, 3.63) is 60.8 Å². The summed E-state index contributed by atoms with van der Waals surface area (Å²) in [6, 6.07) is 0. The number of rotatable bonds is 63. The number of carbonyl (C=O) groups is 3. The first-order chi connectivity index (χ1) is 39.1. The fraction of sp³-hybridized carbons (Fsp3) is 0.817. The third-order valence-electron chi connectivity index (χ3n) is 15.0. The Morgan fingerprint density at radius 2 is 0.713 bits per heavy atom. The summed E-state index contributed by atoms with van der Waals surface area (Å²) in [4.78, 5) is 37.5. The highest BCUT2D eigenvalue weighted by Gasteiger charge is 2.25. The molecule has 0 fully saturated rings. The SMILES string of the molecule is CC/C=C\C/C=C\C/C=C\C/C=C\C/C=C\CCCCCCCCCCCCCCCCCCCCCCCCCC(=O)OC(COC(=O)CCCCCCCCCCCCCCCCCC)COC(OCC[N+](C)(C)C)C(=O)O. The van der Waals surface area contributed by atoms with Crippen LogP contribution in [0.2, 0.25) is 0 Å². The van der Waals surface area contributed by atoms with Crippen LogP contribution in [0.1, 0.15) is 316 Å². The quantitative estimate of drug-likeness (QED) is 0.0211. The van der Waals surface area contributed by atoms with Crippen LogP contribution < -0.4 is 0 Å². The van der Waals surface area contributed by atoms with Crippen molar-refractivity contribution in [3.63, 3.8) is 0 Å². The predicted octanol–water partition coefficient (Wildman–Crippen LogP) is 20.7. The first-order valence-corrected chi connectivity index (χ1v) is 34.0. The summed E-state index contributed by atoms with van der Waals surface area (Å²) in [7, 11) is 5.98. The smallest absolute Gasteiger partial charge is 0.361 e. The van der Waals surface area contributed by atoms with Crippen molar-refractivity contribution in [2.45, 2.75) is 328 Å². The number of ether oxygens (including phenoxy) is 4. The molecule has 0 aromatic rings. The van der Waals surface area contributed by atoms with Crippen LogP contribution in [0.25, 0.3) is 0 Å². The largest absolute Gasteiger partial charge is 0.477 e. The Balaban J connectivity index is 3.97. The molecule has 0 amide bonds. The van der Waals surface area contributed by atoms with Gasteiger partial charge in [-0.3, -0.25) is 9.59 Å². The van der Waals surface area contributed by atoms with Gasteiger partial charge in [0.15, 0.2) is 6.10 Å². The molecule has 0 rings (SSSR count). The number of quaternary nitrogens is 1. The van der Waals surface area contributed by atoms with E-state index in [4.69, 9.17) is 18.9 Å². The summed E-state index contributed by atoms with van der Waals surface area (Å²) in [5, 5.41) is 9.72. The number of allylic oxidation sites excluding steroid dienone is 10. The lowest BCUT2D eigenvalue weighted by atomic mass is 10.0. The molecule has 9 heteroatoms. The number of esters is 2. The highest BCUT2D eigenvalue weighted by Crippen LogP contribution is 2.18. The number of carboxylic acid groups (broad SMARTS) is 1. The van der Waals surface area contributed by atoms with E-state index in [1.165, 1.54) is 218 Å². The minimum absolute atomic E-state index is 0.176. The van der Waals surface area contributed by atoms with Gasteiger partial charge in [-0.05, 0) is 57.8 Å². The lowest BCUT2D eigenvalue weighted by Gasteiger charge is -2.25. The third kappa shape index (κ3) is 62.6. The number of aliphatic carboxylic acids is 1. The molecule has 0 saturated carbocycles. The van der Waals surface area contributed by atoms with E-state index in [9.17, 15) is 19.5 Å². The molecule has 0 aromatic heterocycles. The fourth-order valence-electron chi connectivity index (χ4n) is 9.87. The number of carboxylic acids is 1. The molecule has 1 N–H and O–H groups in total. The van der Waals surface area contributed by atoms with Crippen molar-refractivity contribution >= 4 is 17.9 Å². The zero-order valence-corrected chi connectivity index (χ0v) is 53.2. The summed E-state index contributed by atoms with van der Waals surface area (Å²) in [5.41, 5.74) is 0. The molecule has 80 heavy (non-hydrogen) atoms. The van der Waals surface area contributed by atoms with Gasteiger partial charge in [0.2, 0.25) is 0 Å². The molecule has 0 aromatic carbocycles. The molecule has 0 radical (unpaired) electrons. The zero-order valence-electron chi connectivity index (χ0n) is 53.2. The highest BCUT2D eigenvalue weighted by atomic mass is 16.7. The molecular formula is C71H130NO8+. The molecule has 0 aliphatic rings. The summed E-state index contributed by atoms with van der Waals surface area (Å²) < 4.78 is 22.9. The van der Waals surface area contributed by atoms with Gasteiger partial charge < -0.3 is 28.5 Å². The van der Waals surface area contributed by atoms with E-state index >= 15 is 0 Å². The average Bonchev–Trinajstić information content (AvgIpc) is 3.43. The molecule has 2 unspecified atom stereocenters. The molecular weight excluding hydrogens is 995 g/mol. The number of hydrogen-bond acceptors (Lipinski definition) is 7. The maximum absolute atomic E-state index is 12.9. The van der Waals surface area contributed by atoms with Crippen molar-refractivity contribution in [1.29, 1.82) is 0 Å². The topological polar surface area (TPSA) is 108 Å². The van der Waals surface area contributed by atoms with Crippen molar-refractivity contribution in [2.24, 2.45) is 0 Å². The lowest BCUT2D eigenvalue weighted by Crippen LogP contribution is -2.40. The number of hydrogen-bond donors (Lipinski definition) is 1. The number of unbranched alkanes of at least 4 members (excludes halogenated alkanes) is 38. The number of carbonyl (C=O) groups excluding carboxylic acids is 2. The second kappa shape index (κ2) is 62.0. The Labute approximate surface area is 495 Å². The van der Waals surface area contributed by atoms with Crippen LogP contribution in [-0.4, -0.2) is 87.4 Å². The molecule has 0 saturated heterocycles. The summed E-state index contributed by atoms with van der Waals surface area (Å²) >= 11 is 0. The third-order valence-corrected chi connectivity index (χ3v) is 15.0. The fourth-order valence-corrected chi connectivity index (χ4v) is 9.87. The Bertz CT molecular complexity index is 1500. The minimum atomic E-state index is -1.51. The maximum atomic E-state index is 12.9. The molecule has 0 spiro atoms. The van der Waals surface area contributed by atoms with Gasteiger partial charge in [0, 0.05) is 12.8 Å². The Kier molecular flexibility index (Phi) is 59.7. The van der Waals surface area contributed by atoms with Gasteiger partial charge in [-0.2, -0.15) is 0 Å². The van der Waals surface area contributed by atoms with Gasteiger partial charge in [0.1, 0.15) is 13.2 Å². The summed E-state index contributed by atoms with van der Waals surface area (Å²) in [5.74, 6) is -1.98. The van der Waals surface area contributed by atoms with Gasteiger partial charge in [0.05, 0.1) is 34.4 Å². The van der Waals surface area contributed by atoms with E-state index < -0.39 is 18.4 Å². The van der Waals surface area contributed by atoms with Gasteiger partial charge in [-0.25, -0.2) is 4.79 Å². The number of nitrogens with zero attached hydrogens (tertiary/aromatic N) is 1. The minimum Gasteiger partial charge on any atom is -0.477 e. The Hall–Kier alpha value is -3.01. The maximum Gasteiger partial charge on any atom is 0.361 e. The van der Waals surface area contributed by atoms with Crippen LogP contribution in [0.5, 0.6) is 0 Å². The van der Waals surface area contributed by atoms with E-state index in [1.54, 1.807) is 0 Å². The molecule has 2 atom stereocenters. The molecule has 0 heterocycles. The van der Waals surface area contributed by atoms with E-state index in [0.717, 1.165) is 70.6 Å². The first-order valence-electron chi connectivity index (χ1n) is 34.0. The standard InChI is InChI=1S/C71H129NO8/c1-6-8-10-12-14-16-18-20-22-24-25-26-27-28-29-30-31-32-33-34-35-36-37-38-39-40-41-42-43-44-45-46-48-50-52-54-56-58-60-62-69(74)80-67(66-79-71(70(75)76)77-64-63-72(3,4)5)65-78-68(73)61-59-57-55-53-51-49-47-23-21-19-17-15-13-11-9-7-2/h8,10,14,16,20,22,25-26,28-29,67,71H,6-7,9,11-13,15,17-19,21,23-24,27,30-66H2,1-5H3/p+1/b10-8-,16-14-,22-20-,26-25-,29-28-. The van der Waals surface area contributed by atoms with Crippen molar-refractivity contribution in [2.75, 3.05) is 47.5 Å². The van der Waals surface area contributed by atoms with Crippen molar-refractivity contribution < 1.29 is 42.9 Å². The normalized spacial score (nSPS) is 13.1. The average molecular weight is 1130 g/mol. The van der Waals surface area contributed by atoms with Gasteiger partial charge in [0.25, 0.3) is 6.29 Å². The van der Waals surface area contributed by atoms with Crippen LogP contribution in [0.3, 0.4) is 0 Å². The van der Waals surface area contributed by atoms with Crippen LogP contribution in [0.15, 0.2) is 60.8 Å². The van der Waals surface area contributed by atoms with Gasteiger partial charge >= 0.3 is 17.9 Å². The van der Waals surface area contributed by atoms with E-state index in [2.05, 4.69) is 74.6 Å². The lowest BCUT2D eigenvalue weighted by molar-refractivity contribution is -0.870. The van der Waals surface area contributed by atoms with Crippen molar-refractivity contribution in [1.82, 2.24) is 0 Å². The zero-order chi connectivity index (χ0) is 58.3. The monoisotopic (exact) mass is 1120 g/mol. The Morgan fingerprint density at radius 1 is 0.388 bits per heavy atom. The van der Waals surface area contributed by atoms with Gasteiger partial charge in [-0.15, -0.1) is 0 Å². The van der Waals surface area contributed by atoms with Crippen LogP contribution in [-0.2, 0) is 33.3 Å². The van der Waals surface area contributed by atoms with E-state index in [0.29, 0.717) is 17.4 Å². The van der Waals surface area contributed by atoms with Crippen LogP contribution in [0.4, 0.5) is 0 Å². The molecule has 0 aliphatic carbocycles. The van der Waals surface area contributed by atoms with Crippen molar-refractivity contribution in [3.8, 4) is 0 Å². The van der Waals surface area contributed by atoms with Crippen LogP contribution in [0, 0.1) is 0 Å². The van der Waals surface area contributed by atoms with Crippen LogP contribution >= 0.6 is 0 Å².